The van der Waals surface area contributed by atoms with Crippen molar-refractivity contribution >= 4 is 0 Å². The topological polar surface area (TPSA) is 43.8 Å². The Morgan fingerprint density at radius 2 is 2.13 bits per heavy atom. The van der Waals surface area contributed by atoms with Gasteiger partial charge in [0.1, 0.15) is 0 Å². The van der Waals surface area contributed by atoms with Gasteiger partial charge in [-0.15, -0.1) is 0 Å². The Kier molecular flexibility index (Phi) is 2.38. The molecule has 2 rings (SSSR count). The van der Waals surface area contributed by atoms with Gasteiger partial charge in [-0.05, 0) is 17.4 Å². The molecular formula is C12H21N3. The van der Waals surface area contributed by atoms with Crippen LogP contribution in [0.2, 0.25) is 0 Å². The van der Waals surface area contributed by atoms with Crippen LogP contribution in [0.5, 0.6) is 0 Å². The number of aromatic nitrogens is 2. The van der Waals surface area contributed by atoms with Gasteiger partial charge in [0.05, 0.1) is 0 Å². The highest BCUT2D eigenvalue weighted by Crippen LogP contribution is 2.57. The first-order valence-electron chi connectivity index (χ1n) is 5.72. The van der Waals surface area contributed by atoms with Crippen molar-refractivity contribution in [2.45, 2.75) is 46.2 Å². The monoisotopic (exact) mass is 207 g/mol. The molecule has 0 saturated heterocycles. The van der Waals surface area contributed by atoms with E-state index in [0.29, 0.717) is 17.9 Å². The fraction of sp³-hybridized carbons (Fsp3) is 0.750. The molecule has 1 aromatic heterocycles. The fourth-order valence-electron chi connectivity index (χ4n) is 2.35. The summed E-state index contributed by atoms with van der Waals surface area (Å²) in [6.07, 6.45) is 1.89. The van der Waals surface area contributed by atoms with Crippen molar-refractivity contribution in [3.05, 3.63) is 18.0 Å². The maximum atomic E-state index is 6.09. The first-order chi connectivity index (χ1) is 6.94. The van der Waals surface area contributed by atoms with E-state index in [0.717, 1.165) is 6.54 Å². The highest BCUT2D eigenvalue weighted by atomic mass is 15.3. The standard InChI is InChI=1S/C12H21N3/c1-8(2)7-15-9(5-6-14-15)10-11(13)12(10,3)4/h5-6,8,10-11H,7,13H2,1-4H3/t10-,11-/m0/s1. The Labute approximate surface area is 91.7 Å². The largest absolute Gasteiger partial charge is 0.327 e. The molecule has 1 aromatic rings. The third kappa shape index (κ3) is 1.69. The lowest BCUT2D eigenvalue weighted by Crippen LogP contribution is -2.11. The van der Waals surface area contributed by atoms with Crippen molar-refractivity contribution in [3.8, 4) is 0 Å². The molecule has 0 amide bonds. The quantitative estimate of drug-likeness (QED) is 0.823. The van der Waals surface area contributed by atoms with Gasteiger partial charge in [-0.1, -0.05) is 27.7 Å². The highest BCUT2D eigenvalue weighted by Gasteiger charge is 2.57. The van der Waals surface area contributed by atoms with Crippen LogP contribution in [-0.2, 0) is 6.54 Å². The predicted octanol–water partition coefficient (Wildman–Crippen LogP) is 1.99. The fourth-order valence-corrected chi connectivity index (χ4v) is 2.35. The van der Waals surface area contributed by atoms with Gasteiger partial charge in [-0.25, -0.2) is 0 Å². The predicted molar refractivity (Wildman–Crippen MR) is 61.6 cm³/mol. The van der Waals surface area contributed by atoms with Crippen molar-refractivity contribution in [1.82, 2.24) is 9.78 Å². The summed E-state index contributed by atoms with van der Waals surface area (Å²) in [5.74, 6) is 1.11. The molecule has 84 valence electrons. The zero-order chi connectivity index (χ0) is 11.2. The van der Waals surface area contributed by atoms with Crippen LogP contribution in [0.15, 0.2) is 12.3 Å². The average molecular weight is 207 g/mol. The van der Waals surface area contributed by atoms with Gasteiger partial charge in [0.25, 0.3) is 0 Å². The van der Waals surface area contributed by atoms with Gasteiger partial charge in [0.2, 0.25) is 0 Å². The molecule has 1 aliphatic rings. The van der Waals surface area contributed by atoms with Gasteiger partial charge in [-0.3, -0.25) is 4.68 Å². The van der Waals surface area contributed by atoms with Crippen LogP contribution in [0, 0.1) is 11.3 Å². The second-order valence-corrected chi connectivity index (χ2v) is 5.66. The number of hydrogen-bond donors (Lipinski definition) is 1. The molecule has 0 unspecified atom stereocenters. The van der Waals surface area contributed by atoms with E-state index in [9.17, 15) is 0 Å². The van der Waals surface area contributed by atoms with Crippen molar-refractivity contribution in [2.75, 3.05) is 0 Å². The number of nitrogens with zero attached hydrogens (tertiary/aromatic N) is 2. The third-order valence-corrected chi connectivity index (χ3v) is 3.52. The summed E-state index contributed by atoms with van der Waals surface area (Å²) in [6, 6.07) is 2.40. The molecule has 0 spiro atoms. The van der Waals surface area contributed by atoms with E-state index in [1.165, 1.54) is 5.69 Å². The zero-order valence-corrected chi connectivity index (χ0v) is 10.1. The molecule has 0 bridgehead atoms. The molecule has 1 heterocycles. The SMILES string of the molecule is CC(C)Cn1nccc1[C@H]1[C@H](N)C1(C)C. The molecule has 2 N–H and O–H groups in total. The Bertz CT molecular complexity index is 352. The maximum absolute atomic E-state index is 6.09. The summed E-state index contributed by atoms with van der Waals surface area (Å²) in [5.41, 5.74) is 7.65. The molecule has 1 aliphatic carbocycles. The molecule has 0 radical (unpaired) electrons. The van der Waals surface area contributed by atoms with E-state index in [2.05, 4.69) is 43.5 Å². The first-order valence-corrected chi connectivity index (χ1v) is 5.72. The maximum Gasteiger partial charge on any atom is 0.0492 e. The molecule has 1 fully saturated rings. The second kappa shape index (κ2) is 3.34. The Hall–Kier alpha value is -0.830. The van der Waals surface area contributed by atoms with Crippen molar-refractivity contribution in [1.29, 1.82) is 0 Å². The number of rotatable bonds is 3. The minimum atomic E-state index is 0.245. The molecule has 1 saturated carbocycles. The van der Waals surface area contributed by atoms with Crippen molar-refractivity contribution in [2.24, 2.45) is 17.1 Å². The van der Waals surface area contributed by atoms with Gasteiger partial charge in [0, 0.05) is 30.4 Å². The van der Waals surface area contributed by atoms with E-state index in [1.807, 2.05) is 6.20 Å². The Morgan fingerprint density at radius 3 is 2.60 bits per heavy atom. The van der Waals surface area contributed by atoms with Gasteiger partial charge < -0.3 is 5.73 Å². The third-order valence-electron chi connectivity index (χ3n) is 3.52. The smallest absolute Gasteiger partial charge is 0.0492 e. The van der Waals surface area contributed by atoms with Crippen LogP contribution in [-0.4, -0.2) is 15.8 Å². The van der Waals surface area contributed by atoms with Crippen LogP contribution >= 0.6 is 0 Å². The zero-order valence-electron chi connectivity index (χ0n) is 10.1. The summed E-state index contributed by atoms with van der Waals surface area (Å²) >= 11 is 0. The van der Waals surface area contributed by atoms with Crippen molar-refractivity contribution in [3.63, 3.8) is 0 Å². The second-order valence-electron chi connectivity index (χ2n) is 5.66. The minimum absolute atomic E-state index is 0.245. The van der Waals surface area contributed by atoms with Crippen molar-refractivity contribution < 1.29 is 0 Å². The molecule has 15 heavy (non-hydrogen) atoms. The van der Waals surface area contributed by atoms with Gasteiger partial charge >= 0.3 is 0 Å². The van der Waals surface area contributed by atoms with Crippen LogP contribution in [0.25, 0.3) is 0 Å². The molecule has 3 heteroatoms. The Balaban J connectivity index is 2.20. The Morgan fingerprint density at radius 1 is 1.53 bits per heavy atom. The van der Waals surface area contributed by atoms with Crippen LogP contribution in [0.3, 0.4) is 0 Å². The van der Waals surface area contributed by atoms with Gasteiger partial charge in [0.15, 0.2) is 0 Å². The number of nitrogens with two attached hydrogens (primary N) is 1. The number of hydrogen-bond acceptors (Lipinski definition) is 2. The summed E-state index contributed by atoms with van der Waals surface area (Å²) < 4.78 is 2.12. The minimum Gasteiger partial charge on any atom is -0.327 e. The summed E-state index contributed by atoms with van der Waals surface area (Å²) in [7, 11) is 0. The average Bonchev–Trinajstić information content (AvgIpc) is 2.47. The molecule has 2 atom stereocenters. The van der Waals surface area contributed by atoms with Gasteiger partial charge in [-0.2, -0.15) is 5.10 Å². The summed E-state index contributed by atoms with van der Waals surface area (Å²) in [5, 5.41) is 4.38. The highest BCUT2D eigenvalue weighted by molar-refractivity contribution is 5.28. The van der Waals surface area contributed by atoms with Crippen LogP contribution in [0.1, 0.15) is 39.3 Å². The van der Waals surface area contributed by atoms with E-state index in [-0.39, 0.29) is 5.41 Å². The molecule has 0 aromatic carbocycles. The van der Waals surface area contributed by atoms with E-state index >= 15 is 0 Å². The lowest BCUT2D eigenvalue weighted by atomic mass is 10.1. The first kappa shape index (κ1) is 10.7. The lowest BCUT2D eigenvalue weighted by molar-refractivity contribution is 0.461. The summed E-state index contributed by atoms with van der Waals surface area (Å²) in [6.45, 7) is 9.87. The molecule has 0 aliphatic heterocycles. The van der Waals surface area contributed by atoms with E-state index in [4.69, 9.17) is 5.73 Å². The molecular weight excluding hydrogens is 186 g/mol. The van der Waals surface area contributed by atoms with Crippen LogP contribution in [0.4, 0.5) is 0 Å². The normalized spacial score (nSPS) is 28.4. The van der Waals surface area contributed by atoms with E-state index < -0.39 is 0 Å². The van der Waals surface area contributed by atoms with E-state index in [1.54, 1.807) is 0 Å². The van der Waals surface area contributed by atoms with Crippen LogP contribution < -0.4 is 5.73 Å². The molecule has 3 nitrogen and oxygen atoms in total. The summed E-state index contributed by atoms with van der Waals surface area (Å²) in [4.78, 5) is 0. The lowest BCUT2D eigenvalue weighted by Gasteiger charge is -2.10.